The third-order valence-corrected chi connectivity index (χ3v) is 6.13. The third kappa shape index (κ3) is 3.63. The molecule has 0 unspecified atom stereocenters. The first-order chi connectivity index (χ1) is 11.0. The Kier molecular flexibility index (Phi) is 4.52. The van der Waals surface area contributed by atoms with E-state index in [2.05, 4.69) is 4.98 Å². The maximum Gasteiger partial charge on any atom is 0.214 e. The van der Waals surface area contributed by atoms with Gasteiger partial charge in [-0.1, -0.05) is 30.3 Å². The molecule has 0 bridgehead atoms. The Morgan fingerprint density at radius 3 is 2.65 bits per heavy atom. The number of rotatable bonds is 5. The number of imidazole rings is 1. The van der Waals surface area contributed by atoms with E-state index in [4.69, 9.17) is 5.73 Å². The van der Waals surface area contributed by atoms with Crippen LogP contribution in [0.2, 0.25) is 0 Å². The molecule has 1 saturated heterocycles. The second-order valence-electron chi connectivity index (χ2n) is 6.10. The lowest BCUT2D eigenvalue weighted by Gasteiger charge is -2.16. The van der Waals surface area contributed by atoms with E-state index in [1.807, 2.05) is 48.1 Å². The van der Waals surface area contributed by atoms with Crippen LogP contribution >= 0.6 is 0 Å². The molecule has 6 nitrogen and oxygen atoms in total. The summed E-state index contributed by atoms with van der Waals surface area (Å²) in [5.74, 6) is 0.0706. The molecule has 124 valence electrons. The molecule has 1 aromatic heterocycles. The fraction of sp³-hybridized carbons (Fsp3) is 0.438. The summed E-state index contributed by atoms with van der Waals surface area (Å²) < 4.78 is 28.5. The van der Waals surface area contributed by atoms with Crippen LogP contribution in [0.1, 0.15) is 17.2 Å². The monoisotopic (exact) mass is 334 g/mol. The number of nitrogens with zero attached hydrogens (tertiary/aromatic N) is 3. The van der Waals surface area contributed by atoms with E-state index in [0.717, 1.165) is 11.3 Å². The number of hydrogen-bond acceptors (Lipinski definition) is 4. The van der Waals surface area contributed by atoms with Crippen LogP contribution in [-0.2, 0) is 23.5 Å². The summed E-state index contributed by atoms with van der Waals surface area (Å²) in [5, 5.41) is 0. The van der Waals surface area contributed by atoms with Gasteiger partial charge in [0.2, 0.25) is 10.0 Å². The molecule has 1 aliphatic heterocycles. The van der Waals surface area contributed by atoms with Gasteiger partial charge in [-0.25, -0.2) is 13.4 Å². The van der Waals surface area contributed by atoms with Crippen molar-refractivity contribution in [3.63, 3.8) is 0 Å². The molecular formula is C16H22N4O2S. The van der Waals surface area contributed by atoms with E-state index in [1.165, 1.54) is 4.31 Å². The first kappa shape index (κ1) is 16.2. The Morgan fingerprint density at radius 2 is 2.00 bits per heavy atom. The van der Waals surface area contributed by atoms with E-state index < -0.39 is 10.0 Å². The van der Waals surface area contributed by atoms with Crippen LogP contribution in [0.3, 0.4) is 0 Å². The zero-order valence-electron chi connectivity index (χ0n) is 13.2. The Morgan fingerprint density at radius 1 is 1.26 bits per heavy atom. The molecule has 0 saturated carbocycles. The molecule has 2 N–H and O–H groups in total. The van der Waals surface area contributed by atoms with Gasteiger partial charge in [-0.15, -0.1) is 0 Å². The first-order valence-electron chi connectivity index (χ1n) is 7.71. The standard InChI is InChI=1S/C16H22N4O2S/c1-19-11-16(18-12-19)14-9-20(10-15(14)17)23(21,22)8-7-13-5-3-2-4-6-13/h2-6,11-12,14-15H,7-10,17H2,1H3/t14-,15-/m1/s1. The van der Waals surface area contributed by atoms with E-state index in [1.54, 1.807) is 6.33 Å². The molecule has 0 spiro atoms. The van der Waals surface area contributed by atoms with Crippen molar-refractivity contribution in [3.05, 3.63) is 54.1 Å². The number of sulfonamides is 1. The maximum absolute atomic E-state index is 12.6. The van der Waals surface area contributed by atoms with Crippen molar-refractivity contribution < 1.29 is 8.42 Å². The summed E-state index contributed by atoms with van der Waals surface area (Å²) in [6.45, 7) is 0.771. The van der Waals surface area contributed by atoms with Crippen molar-refractivity contribution in [2.45, 2.75) is 18.4 Å². The van der Waals surface area contributed by atoms with Crippen LogP contribution in [0.5, 0.6) is 0 Å². The van der Waals surface area contributed by atoms with Crippen molar-refractivity contribution in [1.82, 2.24) is 13.9 Å². The summed E-state index contributed by atoms with van der Waals surface area (Å²) >= 11 is 0. The second kappa shape index (κ2) is 6.43. The molecule has 7 heteroatoms. The van der Waals surface area contributed by atoms with Crippen LogP contribution in [0, 0.1) is 0 Å². The number of benzene rings is 1. The van der Waals surface area contributed by atoms with Gasteiger partial charge in [0.05, 0.1) is 17.8 Å². The van der Waals surface area contributed by atoms with Gasteiger partial charge < -0.3 is 10.3 Å². The molecule has 0 radical (unpaired) electrons. The first-order valence-corrected chi connectivity index (χ1v) is 9.32. The molecule has 1 aromatic carbocycles. The van der Waals surface area contributed by atoms with Gasteiger partial charge in [0.25, 0.3) is 0 Å². The van der Waals surface area contributed by atoms with Crippen molar-refractivity contribution >= 4 is 10.0 Å². The van der Waals surface area contributed by atoms with Crippen LogP contribution in [0.15, 0.2) is 42.9 Å². The quantitative estimate of drug-likeness (QED) is 0.873. The largest absolute Gasteiger partial charge is 0.340 e. The van der Waals surface area contributed by atoms with E-state index >= 15 is 0 Å². The summed E-state index contributed by atoms with van der Waals surface area (Å²) in [5.41, 5.74) is 8.05. The molecule has 1 aliphatic rings. The van der Waals surface area contributed by atoms with Crippen molar-refractivity contribution in [3.8, 4) is 0 Å². The Hall–Kier alpha value is -1.70. The van der Waals surface area contributed by atoms with E-state index in [0.29, 0.717) is 19.5 Å². The van der Waals surface area contributed by atoms with Gasteiger partial charge >= 0.3 is 0 Å². The van der Waals surface area contributed by atoms with Crippen LogP contribution in [0.4, 0.5) is 0 Å². The lowest BCUT2D eigenvalue weighted by molar-refractivity contribution is 0.469. The molecule has 0 aliphatic carbocycles. The average Bonchev–Trinajstić information content (AvgIpc) is 3.12. The lowest BCUT2D eigenvalue weighted by Crippen LogP contribution is -2.34. The third-order valence-electron chi connectivity index (χ3n) is 4.32. The molecule has 3 rings (SSSR count). The minimum atomic E-state index is -3.31. The molecular weight excluding hydrogens is 312 g/mol. The fourth-order valence-corrected chi connectivity index (χ4v) is 4.52. The molecule has 2 heterocycles. The van der Waals surface area contributed by atoms with Gasteiger partial charge in [0.1, 0.15) is 0 Å². The van der Waals surface area contributed by atoms with Gasteiger partial charge in [-0.3, -0.25) is 0 Å². The lowest BCUT2D eigenvalue weighted by atomic mass is 10.0. The highest BCUT2D eigenvalue weighted by molar-refractivity contribution is 7.89. The highest BCUT2D eigenvalue weighted by atomic mass is 32.2. The van der Waals surface area contributed by atoms with Crippen LogP contribution in [0.25, 0.3) is 0 Å². The number of hydrogen-bond donors (Lipinski definition) is 1. The van der Waals surface area contributed by atoms with E-state index in [-0.39, 0.29) is 17.7 Å². The summed E-state index contributed by atoms with van der Waals surface area (Å²) in [7, 11) is -1.41. The average molecular weight is 334 g/mol. The fourth-order valence-electron chi connectivity index (χ4n) is 2.98. The normalized spacial score (nSPS) is 22.5. The Labute approximate surface area is 137 Å². The Bertz CT molecular complexity index is 757. The van der Waals surface area contributed by atoms with Crippen LogP contribution < -0.4 is 5.73 Å². The zero-order chi connectivity index (χ0) is 16.4. The number of nitrogens with two attached hydrogens (primary N) is 1. The van der Waals surface area contributed by atoms with Crippen molar-refractivity contribution in [1.29, 1.82) is 0 Å². The van der Waals surface area contributed by atoms with Crippen molar-refractivity contribution in [2.75, 3.05) is 18.8 Å². The summed E-state index contributed by atoms with van der Waals surface area (Å²) in [6.07, 6.45) is 4.14. The summed E-state index contributed by atoms with van der Waals surface area (Å²) in [4.78, 5) is 4.32. The topological polar surface area (TPSA) is 81.2 Å². The predicted molar refractivity (Wildman–Crippen MR) is 89.4 cm³/mol. The number of aryl methyl sites for hydroxylation is 2. The highest BCUT2D eigenvalue weighted by Crippen LogP contribution is 2.27. The number of aromatic nitrogens is 2. The minimum absolute atomic E-state index is 0.0392. The van der Waals surface area contributed by atoms with Gasteiger partial charge in [-0.05, 0) is 12.0 Å². The molecule has 23 heavy (non-hydrogen) atoms. The highest BCUT2D eigenvalue weighted by Gasteiger charge is 2.38. The molecule has 2 aromatic rings. The van der Waals surface area contributed by atoms with Crippen LogP contribution in [-0.4, -0.2) is 47.2 Å². The minimum Gasteiger partial charge on any atom is -0.340 e. The van der Waals surface area contributed by atoms with Crippen molar-refractivity contribution in [2.24, 2.45) is 12.8 Å². The molecule has 2 atom stereocenters. The maximum atomic E-state index is 12.6. The van der Waals surface area contributed by atoms with Gasteiger partial charge in [0, 0.05) is 38.3 Å². The molecule has 0 amide bonds. The van der Waals surface area contributed by atoms with E-state index in [9.17, 15) is 8.42 Å². The predicted octanol–water partition coefficient (Wildman–Crippen LogP) is 0.719. The smallest absolute Gasteiger partial charge is 0.214 e. The SMILES string of the molecule is Cn1cnc([C@@H]2CN(S(=O)(=O)CCc3ccccc3)C[C@H]2N)c1. The van der Waals surface area contributed by atoms with Gasteiger partial charge in [0.15, 0.2) is 0 Å². The Balaban J connectivity index is 1.67. The second-order valence-corrected chi connectivity index (χ2v) is 8.19. The van der Waals surface area contributed by atoms with Gasteiger partial charge in [-0.2, -0.15) is 4.31 Å². The zero-order valence-corrected chi connectivity index (χ0v) is 14.0. The summed E-state index contributed by atoms with van der Waals surface area (Å²) in [6, 6.07) is 9.45. The molecule has 1 fully saturated rings.